The van der Waals surface area contributed by atoms with Crippen molar-refractivity contribution in [3.8, 4) is 0 Å². The zero-order valence-corrected chi connectivity index (χ0v) is 7.32. The molecule has 0 atom stereocenters. The number of hydrogen-bond acceptors (Lipinski definition) is 6. The van der Waals surface area contributed by atoms with Gasteiger partial charge in [-0.3, -0.25) is 9.59 Å². The van der Waals surface area contributed by atoms with Crippen LogP contribution in [-0.4, -0.2) is 63.3 Å². The molecule has 0 aromatic rings. The Kier molecular flexibility index (Phi) is 14.0. The fraction of sp³-hybridized carbons (Fsp3) is 0.714. The second-order valence-electron chi connectivity index (χ2n) is 2.54. The first-order valence-electron chi connectivity index (χ1n) is 4.00. The van der Waals surface area contributed by atoms with E-state index in [1.807, 2.05) is 0 Å². The molecule has 0 aromatic heterocycles. The third kappa shape index (κ3) is 10.6. The van der Waals surface area contributed by atoms with Crippen LogP contribution in [0, 0.1) is 0 Å². The molecule has 6 nitrogen and oxygen atoms in total. The minimum atomic E-state index is -0.443. The van der Waals surface area contributed by atoms with Crippen LogP contribution in [0.3, 0.4) is 0 Å². The first-order chi connectivity index (χ1) is 6.20. The van der Waals surface area contributed by atoms with Gasteiger partial charge in [0, 0.05) is 12.8 Å². The van der Waals surface area contributed by atoms with Crippen LogP contribution in [0.25, 0.3) is 0 Å². The summed E-state index contributed by atoms with van der Waals surface area (Å²) in [7, 11) is 0. The van der Waals surface area contributed by atoms with E-state index in [1.54, 1.807) is 0 Å². The van der Waals surface area contributed by atoms with Crippen LogP contribution >= 0.6 is 0 Å². The van der Waals surface area contributed by atoms with E-state index < -0.39 is 11.9 Å². The van der Waals surface area contributed by atoms with E-state index in [-0.39, 0.29) is 64.2 Å². The summed E-state index contributed by atoms with van der Waals surface area (Å²) in [5.41, 5.74) is 0. The second-order valence-corrected chi connectivity index (χ2v) is 2.54. The van der Waals surface area contributed by atoms with Crippen molar-refractivity contribution < 1.29 is 19.3 Å². The molecule has 14 heavy (non-hydrogen) atoms. The first kappa shape index (κ1) is 16.9. The summed E-state index contributed by atoms with van der Waals surface area (Å²) in [6.45, 7) is 0. The summed E-state index contributed by atoms with van der Waals surface area (Å²) in [4.78, 5) is 28.9. The Hall–Kier alpha value is 0.496. The summed E-state index contributed by atoms with van der Waals surface area (Å²) < 4.78 is 0. The molecule has 0 amide bonds. The van der Waals surface area contributed by atoms with Gasteiger partial charge in [-0.2, -0.15) is 11.8 Å². The van der Waals surface area contributed by atoms with Crippen molar-refractivity contribution in [1.29, 1.82) is 0 Å². The number of carbonyl (C=O) groups is 2. The Labute approximate surface area is 125 Å². The third-order valence-corrected chi connectivity index (χ3v) is 1.52. The molecule has 0 unspecified atom stereocenters. The fourth-order valence-corrected chi connectivity index (χ4v) is 0.833. The predicted molar refractivity (Wildman–Crippen MR) is 50.8 cm³/mol. The van der Waals surface area contributed by atoms with Crippen LogP contribution in [0.5, 0.6) is 0 Å². The SMILES string of the molecule is NOC(=O)CCCCCC(=O)ON.[KH]. The van der Waals surface area contributed by atoms with Crippen LogP contribution in [0.15, 0.2) is 0 Å². The monoisotopic (exact) mass is 230 g/mol. The normalized spacial score (nSPS) is 8.71. The Bertz CT molecular complexity index is 159. The standard InChI is InChI=1S/C7H14N2O4.K.H/c8-12-6(10)4-2-1-3-5-7(11)13-9;;/h1-5,8-9H2;;. The average Bonchev–Trinajstić information content (AvgIpc) is 2.16. The number of hydrogen-bond donors (Lipinski definition) is 2. The molecule has 0 aliphatic carbocycles. The number of nitrogens with two attached hydrogens (primary N) is 2. The number of carbonyl (C=O) groups excluding carboxylic acids is 2. The van der Waals surface area contributed by atoms with Crippen molar-refractivity contribution in [3.05, 3.63) is 0 Å². The van der Waals surface area contributed by atoms with E-state index in [9.17, 15) is 9.59 Å². The van der Waals surface area contributed by atoms with Gasteiger partial charge in [-0.05, 0) is 12.8 Å². The Balaban J connectivity index is 0. The quantitative estimate of drug-likeness (QED) is 0.349. The summed E-state index contributed by atoms with van der Waals surface area (Å²) >= 11 is 0. The minimum absolute atomic E-state index is 0. The third-order valence-electron chi connectivity index (χ3n) is 1.52. The van der Waals surface area contributed by atoms with Gasteiger partial charge in [0.05, 0.1) is 0 Å². The molecular formula is C7H15KN2O4. The molecule has 0 bridgehead atoms. The number of unbranched alkanes of at least 4 members (excludes halogenated alkanes) is 2. The van der Waals surface area contributed by atoms with Gasteiger partial charge < -0.3 is 9.68 Å². The van der Waals surface area contributed by atoms with E-state index in [4.69, 9.17) is 0 Å². The van der Waals surface area contributed by atoms with Crippen molar-refractivity contribution in [3.63, 3.8) is 0 Å². The topological polar surface area (TPSA) is 105 Å². The number of rotatable bonds is 6. The molecule has 0 aliphatic heterocycles. The van der Waals surface area contributed by atoms with Crippen molar-refractivity contribution >= 4 is 63.3 Å². The van der Waals surface area contributed by atoms with E-state index in [0.717, 1.165) is 6.42 Å². The molecular weight excluding hydrogens is 215 g/mol. The van der Waals surface area contributed by atoms with Crippen molar-refractivity contribution in [1.82, 2.24) is 0 Å². The fourth-order valence-electron chi connectivity index (χ4n) is 0.833. The van der Waals surface area contributed by atoms with Gasteiger partial charge in [0.25, 0.3) is 0 Å². The summed E-state index contributed by atoms with van der Waals surface area (Å²) in [6, 6.07) is 0. The summed E-state index contributed by atoms with van der Waals surface area (Å²) in [5, 5.41) is 0. The van der Waals surface area contributed by atoms with E-state index in [2.05, 4.69) is 21.5 Å². The molecule has 78 valence electrons. The van der Waals surface area contributed by atoms with Crippen LogP contribution in [-0.2, 0) is 19.3 Å². The van der Waals surface area contributed by atoms with Gasteiger partial charge in [-0.15, -0.1) is 0 Å². The predicted octanol–water partition coefficient (Wildman–Crippen LogP) is -0.878. The van der Waals surface area contributed by atoms with Crippen molar-refractivity contribution in [2.75, 3.05) is 0 Å². The van der Waals surface area contributed by atoms with Gasteiger partial charge >= 0.3 is 63.3 Å². The van der Waals surface area contributed by atoms with Crippen molar-refractivity contribution in [2.45, 2.75) is 32.1 Å². The van der Waals surface area contributed by atoms with Gasteiger partial charge in [0.2, 0.25) is 0 Å². The van der Waals surface area contributed by atoms with Gasteiger partial charge in [0.1, 0.15) is 0 Å². The molecule has 0 aromatic carbocycles. The van der Waals surface area contributed by atoms with Gasteiger partial charge in [-0.25, -0.2) is 0 Å². The molecule has 0 fully saturated rings. The second kappa shape index (κ2) is 11.6. The zero-order valence-electron chi connectivity index (χ0n) is 7.32. The van der Waals surface area contributed by atoms with E-state index in [1.165, 1.54) is 0 Å². The molecule has 0 saturated carbocycles. The maximum atomic E-state index is 10.5. The van der Waals surface area contributed by atoms with E-state index in [0.29, 0.717) is 12.8 Å². The van der Waals surface area contributed by atoms with E-state index >= 15 is 0 Å². The molecule has 0 heterocycles. The van der Waals surface area contributed by atoms with Crippen LogP contribution in [0.2, 0.25) is 0 Å². The summed E-state index contributed by atoms with van der Waals surface area (Å²) in [6.07, 6.45) is 2.58. The Morgan fingerprint density at radius 2 is 1.21 bits per heavy atom. The van der Waals surface area contributed by atoms with Crippen LogP contribution in [0.4, 0.5) is 0 Å². The molecule has 0 radical (unpaired) electrons. The molecule has 0 rings (SSSR count). The maximum absolute atomic E-state index is 10.5. The molecule has 0 saturated heterocycles. The molecule has 0 aliphatic rings. The zero-order chi connectivity index (χ0) is 10.1. The van der Waals surface area contributed by atoms with Crippen molar-refractivity contribution in [2.24, 2.45) is 11.8 Å². The molecule has 0 spiro atoms. The summed E-state index contributed by atoms with van der Waals surface area (Å²) in [5.74, 6) is 8.35. The van der Waals surface area contributed by atoms with Gasteiger partial charge in [0.15, 0.2) is 0 Å². The Morgan fingerprint density at radius 1 is 0.857 bits per heavy atom. The molecule has 4 N–H and O–H groups in total. The average molecular weight is 230 g/mol. The van der Waals surface area contributed by atoms with Gasteiger partial charge in [-0.1, -0.05) is 6.42 Å². The Morgan fingerprint density at radius 3 is 1.50 bits per heavy atom. The van der Waals surface area contributed by atoms with Crippen LogP contribution in [0.1, 0.15) is 32.1 Å². The first-order valence-corrected chi connectivity index (χ1v) is 4.00. The van der Waals surface area contributed by atoms with Crippen LogP contribution < -0.4 is 11.8 Å². The molecule has 7 heteroatoms.